The number of carbonyl (C=O) groups excluding carboxylic acids is 3. The van der Waals surface area contributed by atoms with E-state index in [9.17, 15) is 14.4 Å². The minimum Gasteiger partial charge on any atom is -0.444 e. The zero-order valence-electron chi connectivity index (χ0n) is 16.4. The normalized spacial score (nSPS) is 15.7. The summed E-state index contributed by atoms with van der Waals surface area (Å²) in [5.41, 5.74) is 1.03. The van der Waals surface area contributed by atoms with Crippen molar-refractivity contribution < 1.29 is 19.1 Å². The summed E-state index contributed by atoms with van der Waals surface area (Å²) >= 11 is 0. The average Bonchev–Trinajstić information content (AvgIpc) is 3.33. The molecule has 4 rings (SSSR count). The smallest absolute Gasteiger partial charge is 0.424 e. The first-order valence-corrected chi connectivity index (χ1v) is 9.94. The molecule has 0 spiro atoms. The molecule has 1 aliphatic heterocycles. The van der Waals surface area contributed by atoms with Crippen molar-refractivity contribution >= 4 is 28.7 Å². The van der Waals surface area contributed by atoms with Gasteiger partial charge in [-0.05, 0) is 47.9 Å². The molecular formula is C24H22N2O4. The van der Waals surface area contributed by atoms with Gasteiger partial charge in [-0.3, -0.25) is 9.59 Å². The maximum atomic E-state index is 13.2. The molecule has 152 valence electrons. The number of fused-ring (bicyclic) bond motifs is 1. The third kappa shape index (κ3) is 4.23. The van der Waals surface area contributed by atoms with E-state index >= 15 is 0 Å². The van der Waals surface area contributed by atoms with Crippen LogP contribution in [-0.4, -0.2) is 35.4 Å². The van der Waals surface area contributed by atoms with Crippen LogP contribution in [0.15, 0.2) is 72.8 Å². The number of ether oxygens (including phenoxy) is 1. The minimum atomic E-state index is -0.962. The zero-order valence-corrected chi connectivity index (χ0v) is 16.4. The maximum Gasteiger partial charge on any atom is 0.424 e. The van der Waals surface area contributed by atoms with Crippen LogP contribution in [0.2, 0.25) is 0 Å². The summed E-state index contributed by atoms with van der Waals surface area (Å²) in [7, 11) is 0. The monoisotopic (exact) mass is 402 g/mol. The lowest BCUT2D eigenvalue weighted by atomic mass is 10.1. The largest absolute Gasteiger partial charge is 0.444 e. The van der Waals surface area contributed by atoms with Crippen LogP contribution in [0.25, 0.3) is 10.8 Å². The van der Waals surface area contributed by atoms with Gasteiger partial charge in [0.1, 0.15) is 6.61 Å². The summed E-state index contributed by atoms with van der Waals surface area (Å²) in [6.45, 7) is 0.653. The summed E-state index contributed by atoms with van der Waals surface area (Å²) in [4.78, 5) is 39.7. The molecule has 1 fully saturated rings. The van der Waals surface area contributed by atoms with Crippen LogP contribution >= 0.6 is 0 Å². The van der Waals surface area contributed by atoms with Gasteiger partial charge in [-0.25, -0.2) is 4.79 Å². The third-order valence-corrected chi connectivity index (χ3v) is 5.17. The van der Waals surface area contributed by atoms with Gasteiger partial charge in [0.2, 0.25) is 0 Å². The summed E-state index contributed by atoms with van der Waals surface area (Å²) < 4.78 is 5.32. The van der Waals surface area contributed by atoms with E-state index < -0.39 is 23.9 Å². The van der Waals surface area contributed by atoms with E-state index in [0.29, 0.717) is 17.9 Å². The molecule has 0 aromatic heterocycles. The van der Waals surface area contributed by atoms with Crippen LogP contribution in [0, 0.1) is 0 Å². The summed E-state index contributed by atoms with van der Waals surface area (Å²) in [5.74, 6) is -1.26. The first kappa shape index (κ1) is 19.8. The van der Waals surface area contributed by atoms with Crippen LogP contribution in [0.4, 0.5) is 4.79 Å². The van der Waals surface area contributed by atoms with Crippen LogP contribution in [-0.2, 0) is 16.1 Å². The first-order valence-electron chi connectivity index (χ1n) is 9.94. The van der Waals surface area contributed by atoms with E-state index in [1.807, 2.05) is 54.6 Å². The summed E-state index contributed by atoms with van der Waals surface area (Å²) in [6, 6.07) is 21.3. The molecule has 3 aromatic carbocycles. The number of amides is 3. The summed E-state index contributed by atoms with van der Waals surface area (Å²) in [6.07, 6.45) is 0.426. The van der Waals surface area contributed by atoms with Gasteiger partial charge in [-0.2, -0.15) is 4.90 Å². The summed E-state index contributed by atoms with van der Waals surface area (Å²) in [5, 5.41) is 4.87. The van der Waals surface area contributed by atoms with Gasteiger partial charge in [-0.1, -0.05) is 60.7 Å². The zero-order chi connectivity index (χ0) is 20.9. The Morgan fingerprint density at radius 1 is 0.933 bits per heavy atom. The van der Waals surface area contributed by atoms with Crippen molar-refractivity contribution in [1.82, 2.24) is 10.2 Å². The molecule has 0 unspecified atom stereocenters. The van der Waals surface area contributed by atoms with E-state index in [0.717, 1.165) is 22.8 Å². The molecule has 0 aliphatic carbocycles. The highest BCUT2D eigenvalue weighted by atomic mass is 16.6. The lowest BCUT2D eigenvalue weighted by Gasteiger charge is -2.22. The van der Waals surface area contributed by atoms with Gasteiger partial charge in [0, 0.05) is 5.56 Å². The Bertz CT molecular complexity index is 1070. The van der Waals surface area contributed by atoms with Crippen molar-refractivity contribution in [3.8, 4) is 0 Å². The second kappa shape index (κ2) is 8.88. The van der Waals surface area contributed by atoms with Gasteiger partial charge in [0.15, 0.2) is 0 Å². The Morgan fingerprint density at radius 2 is 1.67 bits per heavy atom. The highest BCUT2D eigenvalue weighted by Gasteiger charge is 2.37. The van der Waals surface area contributed by atoms with Gasteiger partial charge < -0.3 is 10.1 Å². The molecule has 6 nitrogen and oxygen atoms in total. The molecule has 1 heterocycles. The molecule has 0 bridgehead atoms. The van der Waals surface area contributed by atoms with Crippen LogP contribution in [0.5, 0.6) is 0 Å². The molecule has 1 N–H and O–H groups in total. The number of hydrogen-bond donors (Lipinski definition) is 1. The molecule has 1 saturated heterocycles. The average molecular weight is 402 g/mol. The van der Waals surface area contributed by atoms with Crippen molar-refractivity contribution in [2.45, 2.75) is 25.5 Å². The Kier molecular flexibility index (Phi) is 5.86. The number of nitrogens with zero attached hydrogens (tertiary/aromatic N) is 1. The second-order valence-electron chi connectivity index (χ2n) is 7.23. The first-order chi connectivity index (χ1) is 14.6. The lowest BCUT2D eigenvalue weighted by Crippen LogP contribution is -2.49. The Balaban J connectivity index is 1.60. The number of imide groups is 3. The van der Waals surface area contributed by atoms with Crippen LogP contribution < -0.4 is 5.32 Å². The number of benzene rings is 3. The molecule has 0 radical (unpaired) electrons. The lowest BCUT2D eigenvalue weighted by molar-refractivity contribution is -0.129. The van der Waals surface area contributed by atoms with Crippen molar-refractivity contribution in [3.63, 3.8) is 0 Å². The fourth-order valence-electron chi connectivity index (χ4n) is 3.56. The third-order valence-electron chi connectivity index (χ3n) is 5.17. The standard InChI is InChI=1S/C24H22N2O4/c27-22(20-13-12-18-9-4-5-10-19(18)15-20)26(23(28)21-11-6-14-25-21)24(29)30-16-17-7-2-1-3-8-17/h1-5,7-10,12-13,15,21,25H,6,11,14,16H2/t21-/m0/s1. The van der Waals surface area contributed by atoms with Crippen LogP contribution in [0.1, 0.15) is 28.8 Å². The van der Waals surface area contributed by atoms with Crippen molar-refractivity contribution in [3.05, 3.63) is 83.9 Å². The molecule has 3 aromatic rings. The van der Waals surface area contributed by atoms with E-state index in [1.165, 1.54) is 0 Å². The Labute approximate surface area is 174 Å². The van der Waals surface area contributed by atoms with E-state index in [4.69, 9.17) is 4.74 Å². The van der Waals surface area contributed by atoms with Crippen molar-refractivity contribution in [1.29, 1.82) is 0 Å². The Morgan fingerprint density at radius 3 is 2.40 bits per heavy atom. The molecule has 0 saturated carbocycles. The quantitative estimate of drug-likeness (QED) is 0.670. The van der Waals surface area contributed by atoms with Gasteiger partial charge in [0.05, 0.1) is 6.04 Å². The number of rotatable bonds is 4. The fraction of sp³-hybridized carbons (Fsp3) is 0.208. The van der Waals surface area contributed by atoms with Crippen molar-refractivity contribution in [2.24, 2.45) is 0 Å². The van der Waals surface area contributed by atoms with Crippen molar-refractivity contribution in [2.75, 3.05) is 6.54 Å². The molecule has 3 amide bonds. The molecule has 30 heavy (non-hydrogen) atoms. The topological polar surface area (TPSA) is 75.7 Å². The fourth-order valence-corrected chi connectivity index (χ4v) is 3.56. The second-order valence-corrected chi connectivity index (χ2v) is 7.23. The molecule has 1 atom stereocenters. The Hall–Kier alpha value is -3.51. The highest BCUT2D eigenvalue weighted by Crippen LogP contribution is 2.19. The predicted molar refractivity (Wildman–Crippen MR) is 113 cm³/mol. The highest BCUT2D eigenvalue weighted by molar-refractivity contribution is 6.16. The number of nitrogens with one attached hydrogen (secondary N) is 1. The number of hydrogen-bond acceptors (Lipinski definition) is 5. The number of carbonyl (C=O) groups is 3. The maximum absolute atomic E-state index is 13.2. The van der Waals surface area contributed by atoms with E-state index in [-0.39, 0.29) is 12.2 Å². The van der Waals surface area contributed by atoms with Crippen LogP contribution in [0.3, 0.4) is 0 Å². The molecule has 6 heteroatoms. The van der Waals surface area contributed by atoms with Gasteiger partial charge in [0.25, 0.3) is 11.8 Å². The van der Waals surface area contributed by atoms with Gasteiger partial charge in [-0.15, -0.1) is 0 Å². The van der Waals surface area contributed by atoms with E-state index in [1.54, 1.807) is 18.2 Å². The van der Waals surface area contributed by atoms with E-state index in [2.05, 4.69) is 5.32 Å². The van der Waals surface area contributed by atoms with Gasteiger partial charge >= 0.3 is 6.09 Å². The SMILES string of the molecule is O=C(OCc1ccccc1)N(C(=O)c1ccc2ccccc2c1)C(=O)[C@@H]1CCCN1. The molecular weight excluding hydrogens is 380 g/mol. The predicted octanol–water partition coefficient (Wildman–Crippen LogP) is 3.90. The molecule has 1 aliphatic rings. The minimum absolute atomic E-state index is 0.0213.